The van der Waals surface area contributed by atoms with Crippen molar-refractivity contribution in [1.29, 1.82) is 0 Å². The topological polar surface area (TPSA) is 18.8 Å². The van der Waals surface area contributed by atoms with Gasteiger partial charge in [0.05, 0.1) is 5.69 Å². The van der Waals surface area contributed by atoms with Gasteiger partial charge in [-0.25, -0.2) is 4.99 Å². The van der Waals surface area contributed by atoms with Crippen molar-refractivity contribution in [3.05, 3.63) is 70.8 Å². The molecule has 0 saturated carbocycles. The second kappa shape index (κ2) is 10.3. The summed E-state index contributed by atoms with van der Waals surface area (Å²) in [6.45, 7) is 7.48. The first-order valence-electron chi connectivity index (χ1n) is 9.35. The lowest BCUT2D eigenvalue weighted by molar-refractivity contribution is 0.191. The van der Waals surface area contributed by atoms with E-state index in [2.05, 4.69) is 53.1 Å². The average molecular weight is 439 g/mol. The zero-order valence-corrected chi connectivity index (χ0v) is 18.4. The Morgan fingerprint density at radius 1 is 0.929 bits per heavy atom. The van der Waals surface area contributed by atoms with E-state index in [-0.39, 0.29) is 24.8 Å². The highest BCUT2D eigenvalue weighted by atomic mass is 35.5. The Bertz CT molecular complexity index is 856. The van der Waals surface area contributed by atoms with E-state index in [4.69, 9.17) is 16.6 Å². The Kier molecular flexibility index (Phi) is 8.38. The fourth-order valence-corrected chi connectivity index (χ4v) is 3.93. The van der Waals surface area contributed by atoms with Crippen molar-refractivity contribution in [2.24, 2.45) is 4.99 Å². The summed E-state index contributed by atoms with van der Waals surface area (Å²) in [7, 11) is 0. The summed E-state index contributed by atoms with van der Waals surface area (Å²) in [4.78, 5) is 10.0. The minimum Gasteiger partial charge on any atom is -0.354 e. The predicted octanol–water partition coefficient (Wildman–Crippen LogP) is 5.49. The first kappa shape index (κ1) is 22.8. The number of likely N-dealkylation sites (N-methyl/N-ethyl adjacent to an activating group) is 1. The molecule has 0 bridgehead atoms. The summed E-state index contributed by atoms with van der Waals surface area (Å²) in [5.74, 6) is 1.05. The number of nitrogens with zero attached hydrogens (tertiary/aromatic N) is 3. The van der Waals surface area contributed by atoms with Crippen LogP contribution in [-0.2, 0) is 6.42 Å². The van der Waals surface area contributed by atoms with Gasteiger partial charge in [0.1, 0.15) is 5.84 Å². The van der Waals surface area contributed by atoms with Gasteiger partial charge in [-0.05, 0) is 30.7 Å². The molecule has 1 saturated heterocycles. The van der Waals surface area contributed by atoms with Crippen LogP contribution in [0, 0.1) is 0 Å². The molecule has 2 aromatic rings. The molecule has 0 unspecified atom stereocenters. The Labute approximate surface area is 184 Å². The maximum absolute atomic E-state index is 6.55. The van der Waals surface area contributed by atoms with Gasteiger partial charge in [0.2, 0.25) is 0 Å². The Hall–Kier alpha value is -1.52. The number of halogens is 3. The summed E-state index contributed by atoms with van der Waals surface area (Å²) in [6, 6.07) is 16.5. The number of hydrogen-bond donors (Lipinski definition) is 0. The summed E-state index contributed by atoms with van der Waals surface area (Å²) < 4.78 is 0. The lowest BCUT2D eigenvalue weighted by Gasteiger charge is -2.36. The van der Waals surface area contributed by atoms with E-state index < -0.39 is 0 Å². The van der Waals surface area contributed by atoms with Crippen LogP contribution in [0.2, 0.25) is 5.02 Å². The van der Waals surface area contributed by atoms with Gasteiger partial charge in [0.25, 0.3) is 0 Å². The van der Waals surface area contributed by atoms with Crippen LogP contribution in [0.5, 0.6) is 0 Å². The van der Waals surface area contributed by atoms with Gasteiger partial charge < -0.3 is 9.80 Å². The summed E-state index contributed by atoms with van der Waals surface area (Å²) in [5, 5.41) is 0.782. The number of piperazine rings is 1. The number of amidine groups is 1. The molecule has 0 N–H and O–H groups in total. The third-order valence-corrected chi connectivity index (χ3v) is 5.60. The minimum absolute atomic E-state index is 0. The number of rotatable bonds is 2. The van der Waals surface area contributed by atoms with Crippen LogP contribution >= 0.6 is 36.4 Å². The monoisotopic (exact) mass is 437 g/mol. The van der Waals surface area contributed by atoms with Crippen molar-refractivity contribution in [2.45, 2.75) is 13.3 Å². The van der Waals surface area contributed by atoms with Crippen LogP contribution in [0.4, 0.5) is 5.69 Å². The molecule has 2 aliphatic rings. The largest absolute Gasteiger partial charge is 0.354 e. The van der Waals surface area contributed by atoms with E-state index >= 15 is 0 Å². The van der Waals surface area contributed by atoms with Crippen LogP contribution in [-0.4, -0.2) is 48.4 Å². The molecular weight excluding hydrogens is 413 g/mol. The molecule has 0 radical (unpaired) electrons. The maximum Gasteiger partial charge on any atom is 0.136 e. The Balaban J connectivity index is 0.00000140. The fourth-order valence-electron chi connectivity index (χ4n) is 3.70. The maximum atomic E-state index is 6.55. The van der Waals surface area contributed by atoms with Gasteiger partial charge in [-0.15, -0.1) is 24.8 Å². The van der Waals surface area contributed by atoms with Crippen LogP contribution in [0.15, 0.2) is 59.6 Å². The second-order valence-corrected chi connectivity index (χ2v) is 7.19. The molecule has 2 heterocycles. The highest BCUT2D eigenvalue weighted by Crippen LogP contribution is 2.32. The van der Waals surface area contributed by atoms with Gasteiger partial charge in [-0.3, -0.25) is 0 Å². The first-order valence-corrected chi connectivity index (χ1v) is 9.73. The molecular formula is C22H26Cl3N3. The molecule has 28 heavy (non-hydrogen) atoms. The van der Waals surface area contributed by atoms with Crippen molar-refractivity contribution < 1.29 is 0 Å². The third kappa shape index (κ3) is 4.72. The first-order chi connectivity index (χ1) is 12.8. The van der Waals surface area contributed by atoms with E-state index in [0.29, 0.717) is 0 Å². The van der Waals surface area contributed by atoms with E-state index in [1.807, 2.05) is 18.2 Å². The Morgan fingerprint density at radius 2 is 1.61 bits per heavy atom. The van der Waals surface area contributed by atoms with Gasteiger partial charge in [-0.2, -0.15) is 0 Å². The van der Waals surface area contributed by atoms with Crippen LogP contribution in [0.1, 0.15) is 18.1 Å². The standard InChI is InChI=1S/C22H24ClN3.2ClH/c1-2-25-13-15-26(16-14-25)22-19(18-8-4-5-9-20(18)23)12-11-17-7-3-6-10-21(17)24-22;;/h3-10,12H,2,11,13-16H2,1H3;2*1H. The number of benzene rings is 2. The van der Waals surface area contributed by atoms with E-state index in [0.717, 1.165) is 66.8 Å². The van der Waals surface area contributed by atoms with E-state index in [1.54, 1.807) is 0 Å². The SMILES string of the molecule is CCN1CCN(C2=Nc3ccccc3CC=C2c2ccccc2Cl)CC1.Cl.Cl. The zero-order valence-electron chi connectivity index (χ0n) is 16.0. The quantitative estimate of drug-likeness (QED) is 0.617. The molecule has 150 valence electrons. The van der Waals surface area contributed by atoms with Gasteiger partial charge in [-0.1, -0.05) is 61.0 Å². The highest BCUT2D eigenvalue weighted by Gasteiger charge is 2.25. The van der Waals surface area contributed by atoms with Crippen LogP contribution in [0.25, 0.3) is 5.57 Å². The summed E-state index contributed by atoms with van der Waals surface area (Å²) in [6.07, 6.45) is 3.16. The lowest BCUT2D eigenvalue weighted by Crippen LogP contribution is -2.48. The smallest absolute Gasteiger partial charge is 0.136 e. The predicted molar refractivity (Wildman–Crippen MR) is 125 cm³/mol. The number of allylic oxidation sites excluding steroid dienone is 1. The third-order valence-electron chi connectivity index (χ3n) is 5.27. The minimum atomic E-state index is 0. The number of aliphatic imine (C=N–C) groups is 1. The average Bonchev–Trinajstić information content (AvgIpc) is 2.88. The fraction of sp³-hybridized carbons (Fsp3) is 0.318. The number of para-hydroxylation sites is 1. The summed E-state index contributed by atoms with van der Waals surface area (Å²) >= 11 is 6.55. The molecule has 2 aromatic carbocycles. The van der Waals surface area contributed by atoms with Crippen LogP contribution < -0.4 is 0 Å². The molecule has 4 rings (SSSR count). The highest BCUT2D eigenvalue weighted by molar-refractivity contribution is 6.35. The number of fused-ring (bicyclic) bond motifs is 1. The summed E-state index contributed by atoms with van der Waals surface area (Å²) in [5.41, 5.74) is 4.55. The van der Waals surface area contributed by atoms with E-state index in [1.165, 1.54) is 5.56 Å². The van der Waals surface area contributed by atoms with Crippen molar-refractivity contribution in [3.63, 3.8) is 0 Å². The molecule has 0 aromatic heterocycles. The van der Waals surface area contributed by atoms with Crippen molar-refractivity contribution in [3.8, 4) is 0 Å². The molecule has 1 fully saturated rings. The zero-order chi connectivity index (χ0) is 17.9. The van der Waals surface area contributed by atoms with Gasteiger partial charge in [0.15, 0.2) is 0 Å². The number of hydrogen-bond acceptors (Lipinski definition) is 3. The molecule has 2 aliphatic heterocycles. The normalized spacial score (nSPS) is 16.7. The van der Waals surface area contributed by atoms with Gasteiger partial charge in [0, 0.05) is 42.3 Å². The van der Waals surface area contributed by atoms with Crippen molar-refractivity contribution in [2.75, 3.05) is 32.7 Å². The Morgan fingerprint density at radius 3 is 2.32 bits per heavy atom. The molecule has 0 spiro atoms. The van der Waals surface area contributed by atoms with Gasteiger partial charge >= 0.3 is 0 Å². The van der Waals surface area contributed by atoms with Crippen molar-refractivity contribution in [1.82, 2.24) is 9.80 Å². The van der Waals surface area contributed by atoms with Crippen molar-refractivity contribution >= 4 is 53.5 Å². The second-order valence-electron chi connectivity index (χ2n) is 6.79. The molecule has 3 nitrogen and oxygen atoms in total. The molecule has 0 aliphatic carbocycles. The molecule has 6 heteroatoms. The molecule has 0 atom stereocenters. The van der Waals surface area contributed by atoms with Crippen LogP contribution in [0.3, 0.4) is 0 Å². The molecule has 0 amide bonds. The van der Waals surface area contributed by atoms with E-state index in [9.17, 15) is 0 Å². The lowest BCUT2D eigenvalue weighted by atomic mass is 10.0.